The molecule has 0 aliphatic rings. The highest BCUT2D eigenvalue weighted by Gasteiger charge is 2.26. The van der Waals surface area contributed by atoms with Gasteiger partial charge in [0.05, 0.1) is 12.4 Å². The second-order valence-electron chi connectivity index (χ2n) is 3.91. The van der Waals surface area contributed by atoms with Gasteiger partial charge in [0.2, 0.25) is 0 Å². The summed E-state index contributed by atoms with van der Waals surface area (Å²) in [6, 6.07) is 6.79. The molecule has 100 valence electrons. The maximum absolute atomic E-state index is 11.9. The lowest BCUT2D eigenvalue weighted by molar-refractivity contribution is -0.136. The molecule has 3 N–H and O–H groups in total. The number of nitrogens with one attached hydrogen (secondary N) is 1. The monoisotopic (exact) mass is 260 g/mol. The van der Waals surface area contributed by atoms with Crippen LogP contribution in [0.4, 0.5) is 13.2 Å². The lowest BCUT2D eigenvalue weighted by atomic mass is 10.1. The van der Waals surface area contributed by atoms with Crippen molar-refractivity contribution in [2.45, 2.75) is 25.4 Å². The quantitative estimate of drug-likeness (QED) is 0.469. The number of benzene rings is 1. The molecule has 0 spiro atoms. The van der Waals surface area contributed by atoms with E-state index in [1.165, 1.54) is 0 Å². The van der Waals surface area contributed by atoms with Crippen molar-refractivity contribution in [2.24, 2.45) is 5.73 Å². The molecule has 0 fully saturated rings. The van der Waals surface area contributed by atoms with Crippen LogP contribution in [-0.2, 0) is 6.42 Å². The minimum atomic E-state index is -4.13. The van der Waals surface area contributed by atoms with Gasteiger partial charge in [-0.25, -0.2) is 0 Å². The summed E-state index contributed by atoms with van der Waals surface area (Å²) in [4.78, 5) is 0. The predicted octanol–water partition coefficient (Wildman–Crippen LogP) is 2.89. The highest BCUT2D eigenvalue weighted by molar-refractivity contribution is 5.79. The number of hydrogen-bond donors (Lipinski definition) is 2. The van der Waals surface area contributed by atoms with Crippen LogP contribution in [-0.4, -0.2) is 18.6 Å². The summed E-state index contributed by atoms with van der Waals surface area (Å²) in [6.07, 6.45) is -4.67. The van der Waals surface area contributed by atoms with Crippen molar-refractivity contribution in [3.63, 3.8) is 0 Å². The Morgan fingerprint density at radius 2 is 1.83 bits per heavy atom. The zero-order valence-electron chi connectivity index (χ0n) is 9.76. The van der Waals surface area contributed by atoms with E-state index in [9.17, 15) is 13.2 Å². The number of amidine groups is 1. The molecule has 3 nitrogen and oxygen atoms in total. The molecule has 0 bridgehead atoms. The van der Waals surface area contributed by atoms with Crippen LogP contribution in [0, 0.1) is 5.41 Å². The fourth-order valence-corrected chi connectivity index (χ4v) is 1.39. The number of rotatable bonds is 6. The van der Waals surface area contributed by atoms with Gasteiger partial charge in [-0.05, 0) is 24.1 Å². The summed E-state index contributed by atoms with van der Waals surface area (Å²) >= 11 is 0. The minimum absolute atomic E-state index is 0.0333. The summed E-state index contributed by atoms with van der Waals surface area (Å²) in [5.74, 6) is 0.582. The maximum atomic E-state index is 11.9. The average molecular weight is 260 g/mol. The van der Waals surface area contributed by atoms with Gasteiger partial charge in [-0.1, -0.05) is 12.1 Å². The fourth-order valence-electron chi connectivity index (χ4n) is 1.39. The SMILES string of the molecule is N=C(N)Cc1ccc(OCCCC(F)(F)F)cc1. The first-order valence-corrected chi connectivity index (χ1v) is 5.48. The Hall–Kier alpha value is -1.72. The van der Waals surface area contributed by atoms with Crippen LogP contribution in [0.3, 0.4) is 0 Å². The van der Waals surface area contributed by atoms with Crippen molar-refractivity contribution in [2.75, 3.05) is 6.61 Å². The first-order chi connectivity index (χ1) is 8.37. The van der Waals surface area contributed by atoms with Crippen molar-refractivity contribution >= 4 is 5.84 Å². The van der Waals surface area contributed by atoms with Crippen molar-refractivity contribution in [1.82, 2.24) is 0 Å². The van der Waals surface area contributed by atoms with E-state index in [-0.39, 0.29) is 18.9 Å². The van der Waals surface area contributed by atoms with Gasteiger partial charge in [0, 0.05) is 12.8 Å². The largest absolute Gasteiger partial charge is 0.494 e. The van der Waals surface area contributed by atoms with Crippen LogP contribution in [0.25, 0.3) is 0 Å². The number of hydrogen-bond acceptors (Lipinski definition) is 2. The van der Waals surface area contributed by atoms with Crippen molar-refractivity contribution in [1.29, 1.82) is 5.41 Å². The molecule has 18 heavy (non-hydrogen) atoms. The topological polar surface area (TPSA) is 59.1 Å². The molecule has 0 saturated heterocycles. The third-order valence-electron chi connectivity index (χ3n) is 2.19. The Kier molecular flexibility index (Phi) is 5.00. The van der Waals surface area contributed by atoms with Crippen LogP contribution >= 0.6 is 0 Å². The van der Waals surface area contributed by atoms with E-state index >= 15 is 0 Å². The summed E-state index contributed by atoms with van der Waals surface area (Å²) in [6.45, 7) is 0.0333. The summed E-state index contributed by atoms with van der Waals surface area (Å²) in [5.41, 5.74) is 6.11. The highest BCUT2D eigenvalue weighted by atomic mass is 19.4. The Bertz CT molecular complexity index is 387. The zero-order valence-corrected chi connectivity index (χ0v) is 9.76. The second-order valence-corrected chi connectivity index (χ2v) is 3.91. The molecule has 0 amide bonds. The third-order valence-corrected chi connectivity index (χ3v) is 2.19. The van der Waals surface area contributed by atoms with Crippen molar-refractivity contribution in [3.05, 3.63) is 29.8 Å². The Balaban J connectivity index is 2.33. The lowest BCUT2D eigenvalue weighted by Crippen LogP contribution is -2.12. The van der Waals surface area contributed by atoms with E-state index in [1.54, 1.807) is 24.3 Å². The second kappa shape index (κ2) is 6.28. The molecule has 0 saturated carbocycles. The molecule has 0 atom stereocenters. The summed E-state index contributed by atoms with van der Waals surface area (Å²) < 4.78 is 40.8. The van der Waals surface area contributed by atoms with E-state index < -0.39 is 12.6 Å². The van der Waals surface area contributed by atoms with Crippen LogP contribution in [0.5, 0.6) is 5.75 Å². The van der Waals surface area contributed by atoms with Crippen LogP contribution in [0.2, 0.25) is 0 Å². The van der Waals surface area contributed by atoms with Crippen molar-refractivity contribution in [3.8, 4) is 5.75 Å². The van der Waals surface area contributed by atoms with Gasteiger partial charge in [0.25, 0.3) is 0 Å². The smallest absolute Gasteiger partial charge is 0.389 e. The normalized spacial score (nSPS) is 11.3. The molecule has 1 aromatic carbocycles. The molecule has 6 heteroatoms. The van der Waals surface area contributed by atoms with Crippen LogP contribution in [0.1, 0.15) is 18.4 Å². The Morgan fingerprint density at radius 1 is 1.22 bits per heavy atom. The molecule has 0 radical (unpaired) electrons. The van der Waals surface area contributed by atoms with Gasteiger partial charge in [-0.15, -0.1) is 0 Å². The summed E-state index contributed by atoms with van der Waals surface area (Å²) in [7, 11) is 0. The van der Waals surface area contributed by atoms with Gasteiger partial charge in [-0.3, -0.25) is 5.41 Å². The van der Waals surface area contributed by atoms with E-state index in [1.807, 2.05) is 0 Å². The lowest BCUT2D eigenvalue weighted by Gasteiger charge is -2.08. The van der Waals surface area contributed by atoms with E-state index in [0.717, 1.165) is 5.56 Å². The van der Waals surface area contributed by atoms with Gasteiger partial charge in [-0.2, -0.15) is 13.2 Å². The Morgan fingerprint density at radius 3 is 2.33 bits per heavy atom. The number of alkyl halides is 3. The molecule has 0 unspecified atom stereocenters. The summed E-state index contributed by atoms with van der Waals surface area (Å²) in [5, 5.41) is 7.12. The molecule has 1 rings (SSSR count). The van der Waals surface area contributed by atoms with E-state index in [0.29, 0.717) is 12.2 Å². The number of ether oxygens (including phenoxy) is 1. The molecular weight excluding hydrogens is 245 g/mol. The van der Waals surface area contributed by atoms with Gasteiger partial charge >= 0.3 is 6.18 Å². The standard InChI is InChI=1S/C12H15F3N2O/c13-12(14,15)6-1-7-18-10-4-2-9(3-5-10)8-11(16)17/h2-5H,1,6-8H2,(H3,16,17). The highest BCUT2D eigenvalue weighted by Crippen LogP contribution is 2.21. The molecule has 0 aliphatic carbocycles. The number of nitrogens with two attached hydrogens (primary N) is 1. The predicted molar refractivity (Wildman–Crippen MR) is 62.8 cm³/mol. The zero-order chi connectivity index (χ0) is 13.6. The van der Waals surface area contributed by atoms with Crippen LogP contribution in [0.15, 0.2) is 24.3 Å². The molecule has 0 heterocycles. The van der Waals surface area contributed by atoms with E-state index in [2.05, 4.69) is 0 Å². The van der Waals surface area contributed by atoms with Gasteiger partial charge in [0.1, 0.15) is 5.75 Å². The molecule has 0 aliphatic heterocycles. The average Bonchev–Trinajstić information content (AvgIpc) is 2.24. The molecule has 1 aromatic rings. The first-order valence-electron chi connectivity index (χ1n) is 5.48. The fraction of sp³-hybridized carbons (Fsp3) is 0.417. The van der Waals surface area contributed by atoms with E-state index in [4.69, 9.17) is 15.9 Å². The molecule has 0 aromatic heterocycles. The van der Waals surface area contributed by atoms with Crippen molar-refractivity contribution < 1.29 is 17.9 Å². The first kappa shape index (κ1) is 14.3. The maximum Gasteiger partial charge on any atom is 0.389 e. The number of halogens is 3. The van der Waals surface area contributed by atoms with Gasteiger partial charge in [0.15, 0.2) is 0 Å². The molecular formula is C12H15F3N2O. The van der Waals surface area contributed by atoms with Crippen LogP contribution < -0.4 is 10.5 Å². The third kappa shape index (κ3) is 6.12. The van der Waals surface area contributed by atoms with Gasteiger partial charge < -0.3 is 10.5 Å². The Labute approximate surface area is 103 Å². The minimum Gasteiger partial charge on any atom is -0.494 e.